The zero-order valence-electron chi connectivity index (χ0n) is 11.5. The van der Waals surface area contributed by atoms with Gasteiger partial charge in [-0.2, -0.15) is 0 Å². The molecule has 0 aliphatic heterocycles. The number of hydrogen-bond acceptors (Lipinski definition) is 4. The number of thiophene rings is 1. The van der Waals surface area contributed by atoms with Gasteiger partial charge in [0.1, 0.15) is 5.69 Å². The van der Waals surface area contributed by atoms with Crippen LogP contribution in [0.4, 0.5) is 20.2 Å². The summed E-state index contributed by atoms with van der Waals surface area (Å²) in [5.41, 5.74) is -0.944. The SMILES string of the molecule is CC(C)C(Nc1c(F)cc([N+](=O)[O-])cc1F)c1cccs1. The van der Waals surface area contributed by atoms with Crippen LogP contribution in [0.15, 0.2) is 29.6 Å². The van der Waals surface area contributed by atoms with Crippen LogP contribution in [0.2, 0.25) is 0 Å². The van der Waals surface area contributed by atoms with E-state index in [9.17, 15) is 18.9 Å². The molecule has 0 saturated carbocycles. The predicted octanol–water partition coefficient (Wildman–Crippen LogP) is 4.74. The van der Waals surface area contributed by atoms with Gasteiger partial charge in [0.25, 0.3) is 5.69 Å². The molecule has 2 aromatic rings. The maximum absolute atomic E-state index is 13.9. The third-order valence-corrected chi connectivity index (χ3v) is 4.01. The normalized spacial score (nSPS) is 12.4. The smallest absolute Gasteiger partial charge is 0.275 e. The van der Waals surface area contributed by atoms with Crippen LogP contribution in [0.3, 0.4) is 0 Å². The molecule has 1 N–H and O–H groups in total. The molecule has 1 heterocycles. The van der Waals surface area contributed by atoms with Crippen molar-refractivity contribution in [2.75, 3.05) is 5.32 Å². The Bertz CT molecular complexity index is 621. The highest BCUT2D eigenvalue weighted by atomic mass is 32.1. The van der Waals surface area contributed by atoms with Gasteiger partial charge in [-0.15, -0.1) is 11.3 Å². The minimum atomic E-state index is -0.969. The lowest BCUT2D eigenvalue weighted by atomic mass is 10.0. The number of anilines is 1. The van der Waals surface area contributed by atoms with Gasteiger partial charge in [-0.3, -0.25) is 10.1 Å². The standard InChI is InChI=1S/C14H14F2N2O2S/c1-8(2)13(12-4-3-5-21-12)17-14-10(15)6-9(18(19)20)7-11(14)16/h3-8,13,17H,1-2H3. The van der Waals surface area contributed by atoms with Crippen LogP contribution in [-0.4, -0.2) is 4.92 Å². The Morgan fingerprint density at radius 3 is 2.33 bits per heavy atom. The maximum Gasteiger partial charge on any atom is 0.275 e. The number of nitrogens with zero attached hydrogens (tertiary/aromatic N) is 1. The van der Waals surface area contributed by atoms with Gasteiger partial charge in [-0.1, -0.05) is 19.9 Å². The number of nitro groups is 1. The summed E-state index contributed by atoms with van der Waals surface area (Å²) in [6.45, 7) is 3.86. The van der Waals surface area contributed by atoms with E-state index < -0.39 is 22.2 Å². The first kappa shape index (κ1) is 15.4. The molecule has 0 aliphatic rings. The topological polar surface area (TPSA) is 55.2 Å². The Labute approximate surface area is 124 Å². The summed E-state index contributed by atoms with van der Waals surface area (Å²) in [4.78, 5) is 10.7. The van der Waals surface area contributed by atoms with Gasteiger partial charge in [0.2, 0.25) is 0 Å². The van der Waals surface area contributed by atoms with Gasteiger partial charge in [-0.25, -0.2) is 8.78 Å². The van der Waals surface area contributed by atoms with Gasteiger partial charge in [0, 0.05) is 4.88 Å². The number of rotatable bonds is 5. The van der Waals surface area contributed by atoms with Crippen LogP contribution in [0.1, 0.15) is 24.8 Å². The lowest BCUT2D eigenvalue weighted by Gasteiger charge is -2.23. The van der Waals surface area contributed by atoms with Crippen LogP contribution >= 0.6 is 11.3 Å². The van der Waals surface area contributed by atoms with E-state index in [4.69, 9.17) is 0 Å². The minimum Gasteiger partial charge on any atom is -0.372 e. The lowest BCUT2D eigenvalue weighted by molar-refractivity contribution is -0.385. The van der Waals surface area contributed by atoms with Gasteiger partial charge < -0.3 is 5.32 Å². The van der Waals surface area contributed by atoms with Crippen molar-refractivity contribution in [3.05, 3.63) is 56.3 Å². The summed E-state index contributed by atoms with van der Waals surface area (Å²) >= 11 is 1.48. The van der Waals surface area contributed by atoms with E-state index in [0.717, 1.165) is 17.0 Å². The Hall–Kier alpha value is -2.02. The molecule has 0 aliphatic carbocycles. The van der Waals surface area contributed by atoms with Crippen LogP contribution in [0.5, 0.6) is 0 Å². The minimum absolute atomic E-state index is 0.0950. The highest BCUT2D eigenvalue weighted by molar-refractivity contribution is 7.10. The zero-order chi connectivity index (χ0) is 15.6. The van der Waals surface area contributed by atoms with Crippen LogP contribution in [-0.2, 0) is 0 Å². The fourth-order valence-corrected chi connectivity index (χ4v) is 2.94. The van der Waals surface area contributed by atoms with Crippen molar-refractivity contribution < 1.29 is 13.7 Å². The second kappa shape index (κ2) is 6.17. The fraction of sp³-hybridized carbons (Fsp3) is 0.286. The highest BCUT2D eigenvalue weighted by Crippen LogP contribution is 2.33. The molecule has 0 fully saturated rings. The summed E-state index contributed by atoms with van der Waals surface area (Å²) in [7, 11) is 0. The molecule has 1 aromatic heterocycles. The molecular weight excluding hydrogens is 298 g/mol. The van der Waals surface area contributed by atoms with E-state index in [1.807, 2.05) is 31.4 Å². The number of non-ortho nitro benzene ring substituents is 1. The van der Waals surface area contributed by atoms with Crippen LogP contribution in [0, 0.1) is 27.7 Å². The summed E-state index contributed by atoms with van der Waals surface area (Å²) in [6, 6.07) is 4.91. The molecule has 0 spiro atoms. The number of hydrogen-bond donors (Lipinski definition) is 1. The Kier molecular flexibility index (Phi) is 4.52. The third kappa shape index (κ3) is 3.36. The van der Waals surface area contributed by atoms with Crippen molar-refractivity contribution in [2.45, 2.75) is 19.9 Å². The summed E-state index contributed by atoms with van der Waals surface area (Å²) in [6.07, 6.45) is 0. The fourth-order valence-electron chi connectivity index (χ4n) is 1.99. The largest absolute Gasteiger partial charge is 0.372 e. The van der Waals surface area contributed by atoms with Gasteiger partial charge in [0.15, 0.2) is 11.6 Å². The van der Waals surface area contributed by atoms with Crippen LogP contribution in [0.25, 0.3) is 0 Å². The van der Waals surface area contributed by atoms with Crippen molar-refractivity contribution >= 4 is 22.7 Å². The Balaban J connectivity index is 2.36. The molecule has 0 radical (unpaired) electrons. The quantitative estimate of drug-likeness (QED) is 0.640. The van der Waals surface area contributed by atoms with Crippen molar-refractivity contribution in [1.82, 2.24) is 0 Å². The predicted molar refractivity (Wildman–Crippen MR) is 78.5 cm³/mol. The van der Waals surface area contributed by atoms with Crippen molar-refractivity contribution in [1.29, 1.82) is 0 Å². The molecule has 112 valence electrons. The van der Waals surface area contributed by atoms with E-state index in [1.165, 1.54) is 11.3 Å². The highest BCUT2D eigenvalue weighted by Gasteiger charge is 2.22. The Morgan fingerprint density at radius 1 is 1.29 bits per heavy atom. The zero-order valence-corrected chi connectivity index (χ0v) is 12.3. The third-order valence-electron chi connectivity index (χ3n) is 3.05. The molecule has 0 amide bonds. The first-order valence-corrected chi connectivity index (χ1v) is 7.21. The van der Waals surface area contributed by atoms with Gasteiger partial charge >= 0.3 is 0 Å². The number of nitrogens with one attached hydrogen (secondary N) is 1. The van der Waals surface area contributed by atoms with Crippen molar-refractivity contribution in [3.63, 3.8) is 0 Å². The van der Waals surface area contributed by atoms with E-state index in [-0.39, 0.29) is 17.6 Å². The first-order valence-electron chi connectivity index (χ1n) is 6.33. The van der Waals surface area contributed by atoms with Crippen LogP contribution < -0.4 is 5.32 Å². The molecular formula is C14H14F2N2O2S. The number of halogens is 2. The summed E-state index contributed by atoms with van der Waals surface area (Å²) < 4.78 is 27.9. The first-order chi connectivity index (χ1) is 9.90. The second-order valence-electron chi connectivity index (χ2n) is 4.92. The second-order valence-corrected chi connectivity index (χ2v) is 5.90. The molecule has 7 heteroatoms. The molecule has 21 heavy (non-hydrogen) atoms. The molecule has 1 aromatic carbocycles. The average Bonchev–Trinajstić information content (AvgIpc) is 2.90. The van der Waals surface area contributed by atoms with E-state index in [2.05, 4.69) is 5.32 Å². The lowest BCUT2D eigenvalue weighted by Crippen LogP contribution is -2.17. The van der Waals surface area contributed by atoms with Gasteiger partial charge in [-0.05, 0) is 17.4 Å². The summed E-state index contributed by atoms with van der Waals surface area (Å²) in [5.74, 6) is -1.84. The van der Waals surface area contributed by atoms with Gasteiger partial charge in [0.05, 0.1) is 23.1 Å². The van der Waals surface area contributed by atoms with Crippen molar-refractivity contribution in [3.8, 4) is 0 Å². The molecule has 2 rings (SSSR count). The molecule has 0 saturated heterocycles. The molecule has 4 nitrogen and oxygen atoms in total. The number of benzene rings is 1. The average molecular weight is 312 g/mol. The van der Waals surface area contributed by atoms with E-state index >= 15 is 0 Å². The Morgan fingerprint density at radius 2 is 1.90 bits per heavy atom. The molecule has 1 unspecified atom stereocenters. The van der Waals surface area contributed by atoms with E-state index in [0.29, 0.717) is 0 Å². The number of nitro benzene ring substituents is 1. The maximum atomic E-state index is 13.9. The summed E-state index contributed by atoms with van der Waals surface area (Å²) in [5, 5.41) is 15.3. The van der Waals surface area contributed by atoms with E-state index in [1.54, 1.807) is 0 Å². The molecule has 0 bridgehead atoms. The van der Waals surface area contributed by atoms with Crippen molar-refractivity contribution in [2.24, 2.45) is 5.92 Å². The molecule has 1 atom stereocenters. The monoisotopic (exact) mass is 312 g/mol.